The lowest BCUT2D eigenvalue weighted by atomic mass is 10.1. The number of hydrogen-bond donors (Lipinski definition) is 2. The van der Waals surface area contributed by atoms with Crippen LogP contribution in [0.25, 0.3) is 0 Å². The molecular weight excluding hydrogens is 354 g/mol. The Morgan fingerprint density at radius 2 is 1.78 bits per heavy atom. The summed E-state index contributed by atoms with van der Waals surface area (Å²) in [6, 6.07) is 9.56. The molecule has 140 valence electrons. The van der Waals surface area contributed by atoms with Gasteiger partial charge in [-0.25, -0.2) is 4.79 Å². The number of Topliss-reactive ketones (excluding diaryl/α,β-unsaturated/α-hetero) is 1. The largest absolute Gasteiger partial charge is 0.449 e. The Labute approximate surface area is 154 Å². The van der Waals surface area contributed by atoms with E-state index in [4.69, 9.17) is 10.5 Å². The molecule has 0 saturated carbocycles. The van der Waals surface area contributed by atoms with E-state index in [1.165, 1.54) is 19.9 Å². The summed E-state index contributed by atoms with van der Waals surface area (Å²) in [5.41, 5.74) is 6.04. The molecule has 0 aliphatic rings. The van der Waals surface area contributed by atoms with Gasteiger partial charge in [0.15, 0.2) is 11.9 Å². The first kappa shape index (κ1) is 19.6. The number of ether oxygens (including phenoxy) is 1. The van der Waals surface area contributed by atoms with Crippen molar-refractivity contribution in [2.24, 2.45) is 0 Å². The highest BCUT2D eigenvalue weighted by Gasteiger charge is 2.22. The number of nitro benzene ring substituents is 1. The number of nitrogen functional groups attached to an aromatic ring is 1. The van der Waals surface area contributed by atoms with Crippen LogP contribution < -0.4 is 11.1 Å². The zero-order valence-corrected chi connectivity index (χ0v) is 14.6. The molecule has 2 aromatic rings. The number of esters is 1. The fourth-order valence-electron chi connectivity index (χ4n) is 2.14. The number of nitrogens with one attached hydrogen (secondary N) is 1. The molecule has 0 aromatic heterocycles. The summed E-state index contributed by atoms with van der Waals surface area (Å²) in [5.74, 6) is -1.67. The van der Waals surface area contributed by atoms with Crippen LogP contribution in [0, 0.1) is 10.1 Å². The number of non-ortho nitro benzene ring substituents is 1. The summed E-state index contributed by atoms with van der Waals surface area (Å²) in [4.78, 5) is 45.7. The molecule has 0 aliphatic heterocycles. The van der Waals surface area contributed by atoms with E-state index in [-0.39, 0.29) is 22.7 Å². The normalized spacial score (nSPS) is 11.3. The first-order valence-electron chi connectivity index (χ1n) is 7.86. The van der Waals surface area contributed by atoms with Gasteiger partial charge in [0.2, 0.25) is 0 Å². The van der Waals surface area contributed by atoms with Crippen molar-refractivity contribution in [1.29, 1.82) is 0 Å². The van der Waals surface area contributed by atoms with Gasteiger partial charge in [-0.3, -0.25) is 19.7 Å². The van der Waals surface area contributed by atoms with Crippen molar-refractivity contribution in [3.63, 3.8) is 0 Å². The highest BCUT2D eigenvalue weighted by atomic mass is 16.6. The first-order chi connectivity index (χ1) is 12.7. The number of nitrogens with two attached hydrogens (primary N) is 1. The van der Waals surface area contributed by atoms with Crippen molar-refractivity contribution < 1.29 is 24.0 Å². The molecule has 0 saturated heterocycles. The van der Waals surface area contributed by atoms with Crippen LogP contribution in [-0.4, -0.2) is 28.7 Å². The molecule has 0 bridgehead atoms. The molecule has 0 aliphatic carbocycles. The van der Waals surface area contributed by atoms with E-state index in [9.17, 15) is 24.5 Å². The Morgan fingerprint density at radius 3 is 2.33 bits per heavy atom. The summed E-state index contributed by atoms with van der Waals surface area (Å²) < 4.78 is 5.04. The second kappa shape index (κ2) is 8.09. The Kier molecular flexibility index (Phi) is 5.86. The standard InChI is InChI=1S/C18H17N3O6/c1-10(22)12-3-5-13(6-4-12)20-17(23)11(2)27-18(24)15-9-14(21(25)26)7-8-16(15)19/h3-9,11H,19H2,1-2H3,(H,20,23)/t11-/m1/s1. The Morgan fingerprint density at radius 1 is 1.15 bits per heavy atom. The molecule has 3 N–H and O–H groups in total. The smallest absolute Gasteiger partial charge is 0.341 e. The molecule has 0 radical (unpaired) electrons. The monoisotopic (exact) mass is 371 g/mol. The lowest BCUT2D eigenvalue weighted by Gasteiger charge is -2.14. The topological polar surface area (TPSA) is 142 Å². The third-order valence-electron chi connectivity index (χ3n) is 3.68. The van der Waals surface area contributed by atoms with Crippen molar-refractivity contribution >= 4 is 34.7 Å². The van der Waals surface area contributed by atoms with Gasteiger partial charge >= 0.3 is 5.97 Å². The van der Waals surface area contributed by atoms with Gasteiger partial charge in [-0.2, -0.15) is 0 Å². The molecular formula is C18H17N3O6. The molecule has 9 heteroatoms. The summed E-state index contributed by atoms with van der Waals surface area (Å²) in [6.07, 6.45) is -1.18. The van der Waals surface area contributed by atoms with E-state index in [1.54, 1.807) is 24.3 Å². The average Bonchev–Trinajstić information content (AvgIpc) is 2.62. The maximum atomic E-state index is 12.2. The van der Waals surface area contributed by atoms with Gasteiger partial charge in [-0.1, -0.05) is 0 Å². The van der Waals surface area contributed by atoms with Crippen molar-refractivity contribution in [1.82, 2.24) is 0 Å². The molecule has 27 heavy (non-hydrogen) atoms. The predicted octanol–water partition coefficient (Wildman–Crippen LogP) is 2.56. The van der Waals surface area contributed by atoms with Crippen molar-refractivity contribution in [2.75, 3.05) is 11.1 Å². The summed E-state index contributed by atoms with van der Waals surface area (Å²) in [7, 11) is 0. The highest BCUT2D eigenvalue weighted by Crippen LogP contribution is 2.21. The van der Waals surface area contributed by atoms with E-state index in [0.29, 0.717) is 11.3 Å². The van der Waals surface area contributed by atoms with Crippen LogP contribution in [0.15, 0.2) is 42.5 Å². The van der Waals surface area contributed by atoms with Crippen LogP contribution >= 0.6 is 0 Å². The van der Waals surface area contributed by atoms with Gasteiger partial charge in [-0.15, -0.1) is 0 Å². The maximum absolute atomic E-state index is 12.2. The van der Waals surface area contributed by atoms with Crippen LogP contribution in [0.2, 0.25) is 0 Å². The van der Waals surface area contributed by atoms with E-state index >= 15 is 0 Å². The van der Waals surface area contributed by atoms with Crippen LogP contribution in [0.1, 0.15) is 34.6 Å². The minimum Gasteiger partial charge on any atom is -0.449 e. The molecule has 2 rings (SSSR count). The molecule has 0 spiro atoms. The lowest BCUT2D eigenvalue weighted by molar-refractivity contribution is -0.384. The number of carbonyl (C=O) groups is 3. The third-order valence-corrected chi connectivity index (χ3v) is 3.68. The number of amides is 1. The number of nitro groups is 1. The summed E-state index contributed by atoms with van der Waals surface area (Å²) in [6.45, 7) is 2.78. The zero-order chi connectivity index (χ0) is 20.1. The Bertz CT molecular complexity index is 908. The quantitative estimate of drug-likeness (QED) is 0.261. The molecule has 1 atom stereocenters. The second-order valence-corrected chi connectivity index (χ2v) is 5.70. The maximum Gasteiger partial charge on any atom is 0.341 e. The van der Waals surface area contributed by atoms with Gasteiger partial charge in [0, 0.05) is 29.1 Å². The van der Waals surface area contributed by atoms with Crippen LogP contribution in [0.3, 0.4) is 0 Å². The van der Waals surface area contributed by atoms with Gasteiger partial charge < -0.3 is 15.8 Å². The van der Waals surface area contributed by atoms with Gasteiger partial charge in [0.05, 0.1) is 10.5 Å². The number of benzene rings is 2. The fraction of sp³-hybridized carbons (Fsp3) is 0.167. The second-order valence-electron chi connectivity index (χ2n) is 5.70. The molecule has 0 unspecified atom stereocenters. The lowest BCUT2D eigenvalue weighted by Crippen LogP contribution is -2.30. The van der Waals surface area contributed by atoms with E-state index < -0.39 is 22.9 Å². The van der Waals surface area contributed by atoms with E-state index in [2.05, 4.69) is 5.32 Å². The Balaban J connectivity index is 2.05. The number of ketones is 1. The first-order valence-corrected chi connectivity index (χ1v) is 7.86. The number of anilines is 2. The number of carbonyl (C=O) groups excluding carboxylic acids is 3. The third kappa shape index (κ3) is 4.88. The molecule has 9 nitrogen and oxygen atoms in total. The van der Waals surface area contributed by atoms with Crippen LogP contribution in [0.5, 0.6) is 0 Å². The minimum atomic E-state index is -1.18. The highest BCUT2D eigenvalue weighted by molar-refractivity contribution is 6.00. The van der Waals surface area contributed by atoms with Crippen molar-refractivity contribution in [2.45, 2.75) is 20.0 Å². The molecule has 0 heterocycles. The number of nitrogens with zero attached hydrogens (tertiary/aromatic N) is 1. The van der Waals surface area contributed by atoms with Gasteiger partial charge in [-0.05, 0) is 44.2 Å². The molecule has 0 fully saturated rings. The number of hydrogen-bond acceptors (Lipinski definition) is 7. The molecule has 1 amide bonds. The minimum absolute atomic E-state index is 0.00182. The SMILES string of the molecule is CC(=O)c1ccc(NC(=O)[C@@H](C)OC(=O)c2cc([N+](=O)[O-])ccc2N)cc1. The van der Waals surface area contributed by atoms with E-state index in [1.807, 2.05) is 0 Å². The van der Waals surface area contributed by atoms with Crippen molar-refractivity contribution in [3.8, 4) is 0 Å². The van der Waals surface area contributed by atoms with Gasteiger partial charge in [0.1, 0.15) is 0 Å². The fourth-order valence-corrected chi connectivity index (χ4v) is 2.14. The average molecular weight is 371 g/mol. The van der Waals surface area contributed by atoms with E-state index in [0.717, 1.165) is 12.1 Å². The van der Waals surface area contributed by atoms with Gasteiger partial charge in [0.25, 0.3) is 11.6 Å². The number of rotatable bonds is 6. The summed E-state index contributed by atoms with van der Waals surface area (Å²) in [5, 5.41) is 13.4. The Hall–Kier alpha value is -3.75. The predicted molar refractivity (Wildman–Crippen MR) is 97.5 cm³/mol. The van der Waals surface area contributed by atoms with Crippen LogP contribution in [-0.2, 0) is 9.53 Å². The van der Waals surface area contributed by atoms with Crippen LogP contribution in [0.4, 0.5) is 17.1 Å². The zero-order valence-electron chi connectivity index (χ0n) is 14.6. The summed E-state index contributed by atoms with van der Waals surface area (Å²) >= 11 is 0. The molecule has 2 aromatic carbocycles. The van der Waals surface area contributed by atoms with Crippen molar-refractivity contribution in [3.05, 3.63) is 63.7 Å².